The molecule has 0 fully saturated rings. The molecule has 1 unspecified atom stereocenters. The van der Waals surface area contributed by atoms with Gasteiger partial charge in [-0.1, -0.05) is 0 Å². The third-order valence-corrected chi connectivity index (χ3v) is 2.38. The molecular formula is C5H8ClNS. The summed E-state index contributed by atoms with van der Waals surface area (Å²) in [7, 11) is 0. The number of alkyl halides is 1. The number of rotatable bonds is 3. The zero-order chi connectivity index (χ0) is 6.41. The van der Waals surface area contributed by atoms with Crippen LogP contribution < -0.4 is 0 Å². The monoisotopic (exact) mass is 149 g/mol. The number of nitrogens with zero attached hydrogens (tertiary/aromatic N) is 1. The van der Waals surface area contributed by atoms with Crippen molar-refractivity contribution in [2.75, 3.05) is 12.1 Å². The second kappa shape index (κ2) is 5.27. The normalized spacial score (nSPS) is 12.6. The second-order valence-electron chi connectivity index (χ2n) is 1.37. The molecule has 0 N–H and O–H groups in total. The first kappa shape index (κ1) is 8.13. The lowest BCUT2D eigenvalue weighted by molar-refractivity contribution is 1.00. The Morgan fingerprint density at radius 1 is 1.88 bits per heavy atom. The minimum atomic E-state index is 0.321. The van der Waals surface area contributed by atoms with Crippen molar-refractivity contribution in [2.24, 2.45) is 0 Å². The zero-order valence-electron chi connectivity index (χ0n) is 4.72. The lowest BCUT2D eigenvalue weighted by Crippen LogP contribution is -2.00. The highest BCUT2D eigenvalue weighted by molar-refractivity contribution is 7.99. The number of hydrogen-bond acceptors (Lipinski definition) is 2. The summed E-state index contributed by atoms with van der Waals surface area (Å²) in [5.74, 6) is 0.578. The van der Waals surface area contributed by atoms with Crippen LogP contribution in [0.3, 0.4) is 0 Å². The largest absolute Gasteiger partial charge is 0.198 e. The molecule has 0 bridgehead atoms. The van der Waals surface area contributed by atoms with E-state index in [1.54, 1.807) is 11.8 Å². The minimum absolute atomic E-state index is 0.321. The van der Waals surface area contributed by atoms with Crippen molar-refractivity contribution >= 4 is 23.4 Å². The molecule has 0 amide bonds. The molecule has 1 atom stereocenters. The molecule has 0 saturated carbocycles. The molecule has 0 aromatic carbocycles. The van der Waals surface area contributed by atoms with E-state index in [-0.39, 0.29) is 0 Å². The van der Waals surface area contributed by atoms with Gasteiger partial charge in [0.1, 0.15) is 0 Å². The van der Waals surface area contributed by atoms with Crippen LogP contribution in [0.2, 0.25) is 0 Å². The summed E-state index contributed by atoms with van der Waals surface area (Å²) < 4.78 is 0. The molecule has 0 aromatic heterocycles. The van der Waals surface area contributed by atoms with E-state index in [2.05, 4.69) is 6.07 Å². The molecule has 0 aliphatic heterocycles. The van der Waals surface area contributed by atoms with Crippen molar-refractivity contribution in [1.82, 2.24) is 0 Å². The Kier molecular flexibility index (Phi) is 5.36. The highest BCUT2D eigenvalue weighted by atomic mass is 35.5. The van der Waals surface area contributed by atoms with Crippen LogP contribution in [0.4, 0.5) is 0 Å². The summed E-state index contributed by atoms with van der Waals surface area (Å²) in [6.45, 7) is 0. The number of nitriles is 1. The standard InChI is InChI=1S/C5H8ClNS/c1-8-5(4-6)2-3-7/h5H,2,4H2,1H3. The topological polar surface area (TPSA) is 23.8 Å². The Bertz CT molecular complexity index is 84.9. The van der Waals surface area contributed by atoms with Crippen LogP contribution in [0.5, 0.6) is 0 Å². The number of hydrogen-bond donors (Lipinski definition) is 0. The molecule has 0 radical (unpaired) electrons. The van der Waals surface area contributed by atoms with Gasteiger partial charge in [0.05, 0.1) is 6.07 Å². The molecule has 0 rings (SSSR count). The van der Waals surface area contributed by atoms with Crippen molar-refractivity contribution < 1.29 is 0 Å². The van der Waals surface area contributed by atoms with Crippen LogP contribution in [-0.2, 0) is 0 Å². The van der Waals surface area contributed by atoms with Crippen LogP contribution in [0, 0.1) is 11.3 Å². The quantitative estimate of drug-likeness (QED) is 0.572. The van der Waals surface area contributed by atoms with Gasteiger partial charge in [-0.2, -0.15) is 17.0 Å². The van der Waals surface area contributed by atoms with Gasteiger partial charge in [-0.25, -0.2) is 0 Å². The summed E-state index contributed by atoms with van der Waals surface area (Å²) in [6, 6.07) is 2.06. The molecule has 3 heteroatoms. The Hall–Kier alpha value is 0.130. The Morgan fingerprint density at radius 2 is 2.50 bits per heavy atom. The molecule has 1 nitrogen and oxygen atoms in total. The number of thioether (sulfide) groups is 1. The minimum Gasteiger partial charge on any atom is -0.198 e. The first-order chi connectivity index (χ1) is 3.85. The summed E-state index contributed by atoms with van der Waals surface area (Å²) in [4.78, 5) is 0. The predicted molar refractivity (Wildman–Crippen MR) is 38.3 cm³/mol. The van der Waals surface area contributed by atoms with E-state index in [4.69, 9.17) is 16.9 Å². The highest BCUT2D eigenvalue weighted by Crippen LogP contribution is 2.10. The SMILES string of the molecule is CSC(CCl)CC#N. The van der Waals surface area contributed by atoms with Gasteiger partial charge in [0.25, 0.3) is 0 Å². The molecule has 0 heterocycles. The lowest BCUT2D eigenvalue weighted by Gasteiger charge is -2.01. The van der Waals surface area contributed by atoms with E-state index in [1.807, 2.05) is 6.26 Å². The predicted octanol–water partition coefficient (Wildman–Crippen LogP) is 1.87. The molecular weight excluding hydrogens is 142 g/mol. The van der Waals surface area contributed by atoms with Gasteiger partial charge in [-0.3, -0.25) is 0 Å². The zero-order valence-corrected chi connectivity index (χ0v) is 6.30. The lowest BCUT2D eigenvalue weighted by atomic mass is 10.4. The maximum Gasteiger partial charge on any atom is 0.0633 e. The first-order valence-electron chi connectivity index (χ1n) is 2.30. The molecule has 0 aromatic rings. The van der Waals surface area contributed by atoms with Gasteiger partial charge in [0, 0.05) is 17.6 Å². The Labute approximate surface area is 59.0 Å². The summed E-state index contributed by atoms with van der Waals surface area (Å²) >= 11 is 7.11. The van der Waals surface area contributed by atoms with Crippen LogP contribution in [0.15, 0.2) is 0 Å². The average molecular weight is 150 g/mol. The van der Waals surface area contributed by atoms with Crippen molar-refractivity contribution in [2.45, 2.75) is 11.7 Å². The fraction of sp³-hybridized carbons (Fsp3) is 0.800. The maximum atomic E-state index is 8.18. The van der Waals surface area contributed by atoms with Gasteiger partial charge in [-0.05, 0) is 6.26 Å². The fourth-order valence-electron chi connectivity index (χ4n) is 0.303. The summed E-state index contributed by atoms with van der Waals surface area (Å²) in [5.41, 5.74) is 0. The van der Waals surface area contributed by atoms with E-state index in [0.717, 1.165) is 0 Å². The van der Waals surface area contributed by atoms with Gasteiger partial charge in [0.15, 0.2) is 0 Å². The number of halogens is 1. The third-order valence-electron chi connectivity index (χ3n) is 0.824. The van der Waals surface area contributed by atoms with E-state index < -0.39 is 0 Å². The van der Waals surface area contributed by atoms with E-state index in [1.165, 1.54) is 0 Å². The highest BCUT2D eigenvalue weighted by Gasteiger charge is 2.01. The van der Waals surface area contributed by atoms with E-state index >= 15 is 0 Å². The Morgan fingerprint density at radius 3 is 2.62 bits per heavy atom. The third kappa shape index (κ3) is 3.17. The molecule has 0 aliphatic rings. The van der Waals surface area contributed by atoms with E-state index in [0.29, 0.717) is 17.6 Å². The molecule has 0 aliphatic carbocycles. The molecule has 0 spiro atoms. The van der Waals surface area contributed by atoms with Crippen molar-refractivity contribution in [3.63, 3.8) is 0 Å². The average Bonchev–Trinajstić information content (AvgIpc) is 1.83. The van der Waals surface area contributed by atoms with Gasteiger partial charge in [0.2, 0.25) is 0 Å². The van der Waals surface area contributed by atoms with Crippen molar-refractivity contribution in [1.29, 1.82) is 5.26 Å². The van der Waals surface area contributed by atoms with Crippen LogP contribution in [0.1, 0.15) is 6.42 Å². The summed E-state index contributed by atoms with van der Waals surface area (Å²) in [6.07, 6.45) is 2.52. The maximum absolute atomic E-state index is 8.18. The second-order valence-corrected chi connectivity index (χ2v) is 2.82. The Balaban J connectivity index is 3.25. The molecule has 46 valence electrons. The fourth-order valence-corrected chi connectivity index (χ4v) is 1.16. The smallest absolute Gasteiger partial charge is 0.0633 e. The summed E-state index contributed by atoms with van der Waals surface area (Å²) in [5, 5.41) is 8.50. The van der Waals surface area contributed by atoms with Gasteiger partial charge in [-0.15, -0.1) is 11.6 Å². The van der Waals surface area contributed by atoms with Crippen molar-refractivity contribution in [3.8, 4) is 6.07 Å². The van der Waals surface area contributed by atoms with Crippen LogP contribution in [-0.4, -0.2) is 17.4 Å². The van der Waals surface area contributed by atoms with Gasteiger partial charge >= 0.3 is 0 Å². The van der Waals surface area contributed by atoms with E-state index in [9.17, 15) is 0 Å². The molecule has 8 heavy (non-hydrogen) atoms. The molecule has 0 saturated heterocycles. The van der Waals surface area contributed by atoms with Crippen LogP contribution >= 0.6 is 23.4 Å². The van der Waals surface area contributed by atoms with Crippen molar-refractivity contribution in [3.05, 3.63) is 0 Å². The van der Waals surface area contributed by atoms with Gasteiger partial charge < -0.3 is 0 Å². The first-order valence-corrected chi connectivity index (χ1v) is 4.13. The van der Waals surface area contributed by atoms with Crippen LogP contribution in [0.25, 0.3) is 0 Å².